The van der Waals surface area contributed by atoms with Gasteiger partial charge in [-0.1, -0.05) is 24.4 Å². The predicted octanol–water partition coefficient (Wildman–Crippen LogP) is 3.65. The van der Waals surface area contributed by atoms with Gasteiger partial charge in [0.2, 0.25) is 10.0 Å². The van der Waals surface area contributed by atoms with Crippen molar-refractivity contribution in [3.63, 3.8) is 0 Å². The van der Waals surface area contributed by atoms with E-state index in [0.29, 0.717) is 11.6 Å². The van der Waals surface area contributed by atoms with Crippen molar-refractivity contribution in [3.05, 3.63) is 53.4 Å². The van der Waals surface area contributed by atoms with Crippen LogP contribution in [0.5, 0.6) is 0 Å². The topological polar surface area (TPSA) is 62.6 Å². The van der Waals surface area contributed by atoms with Crippen LogP contribution in [0, 0.1) is 0 Å². The molecule has 1 heterocycles. The van der Waals surface area contributed by atoms with E-state index in [9.17, 15) is 8.42 Å². The maximum Gasteiger partial charge on any atom is 0.240 e. The SMILES string of the molecule is CN(Cc1ccco1)[C@@H]1CCCC[C@@H]1NS(=O)(=O)c1ccc(Cl)cc1. The molecule has 2 aromatic rings. The highest BCUT2D eigenvalue weighted by atomic mass is 35.5. The highest BCUT2D eigenvalue weighted by molar-refractivity contribution is 7.89. The van der Waals surface area contributed by atoms with Crippen LogP contribution < -0.4 is 4.72 Å². The molecule has 1 aromatic heterocycles. The van der Waals surface area contributed by atoms with E-state index in [1.807, 2.05) is 19.2 Å². The Morgan fingerprint density at radius 1 is 1.20 bits per heavy atom. The molecule has 1 aliphatic rings. The summed E-state index contributed by atoms with van der Waals surface area (Å²) in [7, 11) is -1.55. The molecule has 0 aliphatic heterocycles. The zero-order valence-electron chi connectivity index (χ0n) is 14.2. The number of hydrogen-bond donors (Lipinski definition) is 1. The number of nitrogens with one attached hydrogen (secondary N) is 1. The minimum absolute atomic E-state index is 0.116. The summed E-state index contributed by atoms with van der Waals surface area (Å²) in [5, 5.41) is 0.521. The molecule has 1 saturated carbocycles. The summed E-state index contributed by atoms with van der Waals surface area (Å²) in [6.45, 7) is 0.664. The van der Waals surface area contributed by atoms with Gasteiger partial charge in [-0.15, -0.1) is 0 Å². The fourth-order valence-corrected chi connectivity index (χ4v) is 4.85. The largest absolute Gasteiger partial charge is 0.468 e. The molecule has 0 amide bonds. The molecular formula is C18H23ClN2O3S. The molecule has 2 atom stereocenters. The molecule has 0 radical (unpaired) electrons. The van der Waals surface area contributed by atoms with Crippen LogP contribution in [0.2, 0.25) is 5.02 Å². The van der Waals surface area contributed by atoms with Crippen molar-refractivity contribution in [2.75, 3.05) is 7.05 Å². The molecule has 1 aliphatic carbocycles. The normalized spacial score (nSPS) is 21.6. The summed E-state index contributed by atoms with van der Waals surface area (Å²) < 4.78 is 33.7. The Labute approximate surface area is 154 Å². The molecule has 5 nitrogen and oxygen atoms in total. The van der Waals surface area contributed by atoms with Gasteiger partial charge in [0.25, 0.3) is 0 Å². The third-order valence-corrected chi connectivity index (χ3v) is 6.47. The summed E-state index contributed by atoms with van der Waals surface area (Å²) >= 11 is 5.86. The highest BCUT2D eigenvalue weighted by Crippen LogP contribution is 2.25. The van der Waals surface area contributed by atoms with E-state index in [0.717, 1.165) is 31.4 Å². The number of furan rings is 1. The summed E-state index contributed by atoms with van der Waals surface area (Å²) in [5.41, 5.74) is 0. The van der Waals surface area contributed by atoms with E-state index in [1.54, 1.807) is 18.4 Å². The van der Waals surface area contributed by atoms with Gasteiger partial charge in [-0.3, -0.25) is 4.90 Å². The van der Waals surface area contributed by atoms with Gasteiger partial charge in [-0.05, 0) is 56.3 Å². The van der Waals surface area contributed by atoms with Crippen molar-refractivity contribution < 1.29 is 12.8 Å². The number of rotatable bonds is 6. The third-order valence-electron chi connectivity index (χ3n) is 4.71. The molecule has 0 bridgehead atoms. The first kappa shape index (κ1) is 18.5. The van der Waals surface area contributed by atoms with Gasteiger partial charge in [-0.2, -0.15) is 0 Å². The van der Waals surface area contributed by atoms with Crippen LogP contribution in [-0.2, 0) is 16.6 Å². The Morgan fingerprint density at radius 2 is 1.92 bits per heavy atom. The Balaban J connectivity index is 1.73. The lowest BCUT2D eigenvalue weighted by atomic mass is 9.90. The van der Waals surface area contributed by atoms with Crippen LogP contribution in [0.1, 0.15) is 31.4 Å². The number of nitrogens with zero attached hydrogens (tertiary/aromatic N) is 1. The lowest BCUT2D eigenvalue weighted by molar-refractivity contribution is 0.145. The van der Waals surface area contributed by atoms with Crippen LogP contribution in [0.15, 0.2) is 52.0 Å². The van der Waals surface area contributed by atoms with Gasteiger partial charge in [0.05, 0.1) is 17.7 Å². The lowest BCUT2D eigenvalue weighted by Crippen LogP contribution is -2.51. The number of hydrogen-bond acceptors (Lipinski definition) is 4. The predicted molar refractivity (Wildman–Crippen MR) is 98.0 cm³/mol. The number of benzene rings is 1. The van der Waals surface area contributed by atoms with Crippen LogP contribution in [0.25, 0.3) is 0 Å². The average molecular weight is 383 g/mol. The van der Waals surface area contributed by atoms with Gasteiger partial charge in [0.1, 0.15) is 5.76 Å². The molecule has 1 N–H and O–H groups in total. The molecule has 3 rings (SSSR count). The Bertz CT molecular complexity index is 775. The summed E-state index contributed by atoms with van der Waals surface area (Å²) in [4.78, 5) is 2.42. The second kappa shape index (κ2) is 7.91. The average Bonchev–Trinajstić information content (AvgIpc) is 3.08. The fourth-order valence-electron chi connectivity index (χ4n) is 3.42. The molecule has 0 unspecified atom stereocenters. The quantitative estimate of drug-likeness (QED) is 0.828. The number of sulfonamides is 1. The Kier molecular flexibility index (Phi) is 5.84. The van der Waals surface area contributed by atoms with Crippen molar-refractivity contribution in [3.8, 4) is 0 Å². The van der Waals surface area contributed by atoms with Crippen molar-refractivity contribution in [1.82, 2.24) is 9.62 Å². The number of likely N-dealkylation sites (N-methyl/N-ethyl adjacent to an activating group) is 1. The van der Waals surface area contributed by atoms with Gasteiger partial charge in [-0.25, -0.2) is 13.1 Å². The van der Waals surface area contributed by atoms with Gasteiger partial charge in [0.15, 0.2) is 0 Å². The second-order valence-electron chi connectivity index (χ2n) is 6.53. The first-order valence-corrected chi connectivity index (χ1v) is 10.3. The third kappa shape index (κ3) is 4.64. The smallest absolute Gasteiger partial charge is 0.240 e. The van der Waals surface area contributed by atoms with Crippen molar-refractivity contribution >= 4 is 21.6 Å². The van der Waals surface area contributed by atoms with Crippen LogP contribution >= 0.6 is 11.6 Å². The molecule has 136 valence electrons. The summed E-state index contributed by atoms with van der Waals surface area (Å²) in [6.07, 6.45) is 5.58. The molecule has 1 fully saturated rings. The maximum atomic E-state index is 12.7. The zero-order chi connectivity index (χ0) is 17.9. The van der Waals surface area contributed by atoms with E-state index in [-0.39, 0.29) is 17.0 Å². The number of halogens is 1. The van der Waals surface area contributed by atoms with Gasteiger partial charge in [0, 0.05) is 17.1 Å². The lowest BCUT2D eigenvalue weighted by Gasteiger charge is -2.37. The Morgan fingerprint density at radius 3 is 2.60 bits per heavy atom. The minimum Gasteiger partial charge on any atom is -0.468 e. The standard InChI is InChI=1S/C18H23ClN2O3S/c1-21(13-15-5-4-12-24-15)18-7-3-2-6-17(18)20-25(22,23)16-10-8-14(19)9-11-16/h4-5,8-12,17-18,20H,2-3,6-7,13H2,1H3/t17-,18+/m0/s1. The minimum atomic E-state index is -3.56. The first-order chi connectivity index (χ1) is 12.0. The van der Waals surface area contributed by atoms with Crippen LogP contribution in [0.3, 0.4) is 0 Å². The maximum absolute atomic E-state index is 12.7. The van der Waals surface area contributed by atoms with E-state index in [1.165, 1.54) is 12.1 Å². The summed E-state index contributed by atoms with van der Waals surface area (Å²) in [6, 6.07) is 10.1. The van der Waals surface area contributed by atoms with Crippen LogP contribution in [-0.4, -0.2) is 32.4 Å². The Hall–Kier alpha value is -1.34. The molecule has 0 saturated heterocycles. The van der Waals surface area contributed by atoms with E-state index < -0.39 is 10.0 Å². The van der Waals surface area contributed by atoms with E-state index >= 15 is 0 Å². The molecule has 7 heteroatoms. The monoisotopic (exact) mass is 382 g/mol. The van der Waals surface area contributed by atoms with E-state index in [4.69, 9.17) is 16.0 Å². The second-order valence-corrected chi connectivity index (χ2v) is 8.68. The van der Waals surface area contributed by atoms with Crippen LogP contribution in [0.4, 0.5) is 0 Å². The molecule has 0 spiro atoms. The van der Waals surface area contributed by atoms with Crippen molar-refractivity contribution in [2.45, 2.75) is 49.2 Å². The summed E-state index contributed by atoms with van der Waals surface area (Å²) in [5.74, 6) is 0.882. The van der Waals surface area contributed by atoms with E-state index in [2.05, 4.69) is 9.62 Å². The zero-order valence-corrected chi connectivity index (χ0v) is 15.8. The van der Waals surface area contributed by atoms with Gasteiger partial charge < -0.3 is 4.42 Å². The van der Waals surface area contributed by atoms with Gasteiger partial charge >= 0.3 is 0 Å². The molecule has 1 aromatic carbocycles. The van der Waals surface area contributed by atoms with Crippen molar-refractivity contribution in [2.24, 2.45) is 0 Å². The molecular weight excluding hydrogens is 360 g/mol. The molecule has 25 heavy (non-hydrogen) atoms. The fraction of sp³-hybridized carbons (Fsp3) is 0.444. The van der Waals surface area contributed by atoms with Crippen molar-refractivity contribution in [1.29, 1.82) is 0 Å². The highest BCUT2D eigenvalue weighted by Gasteiger charge is 2.32. The first-order valence-electron chi connectivity index (χ1n) is 8.46.